The molecular formula is C31H36N8O. The zero-order valence-corrected chi connectivity index (χ0v) is 23.0. The third kappa shape index (κ3) is 4.80. The second-order valence-electron chi connectivity index (χ2n) is 11.2. The minimum absolute atomic E-state index is 0.319. The molecule has 0 spiro atoms. The molecule has 0 amide bonds. The average molecular weight is 537 g/mol. The highest BCUT2D eigenvalue weighted by atomic mass is 16.3. The summed E-state index contributed by atoms with van der Waals surface area (Å²) in [5.41, 5.74) is 11.0. The van der Waals surface area contributed by atoms with Crippen molar-refractivity contribution in [1.29, 1.82) is 0 Å². The van der Waals surface area contributed by atoms with Gasteiger partial charge in [-0.1, -0.05) is 30.3 Å². The molecule has 7 rings (SSSR count). The third-order valence-corrected chi connectivity index (χ3v) is 8.69. The Labute approximate surface area is 234 Å². The van der Waals surface area contributed by atoms with E-state index >= 15 is 0 Å². The molecule has 9 heteroatoms. The Morgan fingerprint density at radius 3 is 2.45 bits per heavy atom. The van der Waals surface area contributed by atoms with Crippen LogP contribution in [0.4, 0.5) is 11.5 Å². The topological polar surface area (TPSA) is 101 Å². The van der Waals surface area contributed by atoms with E-state index in [1.807, 2.05) is 18.2 Å². The van der Waals surface area contributed by atoms with E-state index in [2.05, 4.69) is 73.2 Å². The van der Waals surface area contributed by atoms with Crippen LogP contribution in [0.5, 0.6) is 0 Å². The van der Waals surface area contributed by atoms with Crippen molar-refractivity contribution in [2.75, 3.05) is 44.3 Å². The number of nitrogens with one attached hydrogen (secondary N) is 1. The molecule has 0 radical (unpaired) electrons. The third-order valence-electron chi connectivity index (χ3n) is 8.69. The lowest BCUT2D eigenvalue weighted by Gasteiger charge is -2.41. The second-order valence-corrected chi connectivity index (χ2v) is 11.2. The van der Waals surface area contributed by atoms with Crippen LogP contribution in [0.1, 0.15) is 37.5 Å². The van der Waals surface area contributed by atoms with Crippen molar-refractivity contribution in [2.24, 2.45) is 0 Å². The summed E-state index contributed by atoms with van der Waals surface area (Å²) in [6.45, 7) is 5.29. The number of likely N-dealkylation sites (N-methyl/N-ethyl adjacent to an activating group) is 1. The fourth-order valence-corrected chi connectivity index (χ4v) is 6.37. The molecule has 5 aromatic rings. The maximum Gasteiger partial charge on any atom is 0.164 e. The van der Waals surface area contributed by atoms with Crippen LogP contribution in [0.15, 0.2) is 65.3 Å². The molecule has 4 heterocycles. The number of furan rings is 1. The number of hydrogen-bond donors (Lipinski definition) is 2. The van der Waals surface area contributed by atoms with Gasteiger partial charge in [-0.2, -0.15) is 5.10 Å². The highest BCUT2D eigenvalue weighted by Gasteiger charge is 2.30. The van der Waals surface area contributed by atoms with Crippen molar-refractivity contribution in [1.82, 2.24) is 29.5 Å². The average Bonchev–Trinajstić information content (AvgIpc) is 3.59. The van der Waals surface area contributed by atoms with Gasteiger partial charge in [0, 0.05) is 48.9 Å². The summed E-state index contributed by atoms with van der Waals surface area (Å²) in [4.78, 5) is 14.1. The van der Waals surface area contributed by atoms with Gasteiger partial charge >= 0.3 is 0 Å². The SMILES string of the molecule is CN1CCN([C@H]2CC[C@@H](n3nc(-c4ccc(NCc5cc6ccccc6o5)cc4)c4c(N)ncnc43)CC2)CC1. The first-order valence-electron chi connectivity index (χ1n) is 14.4. The maximum absolute atomic E-state index is 6.40. The van der Waals surface area contributed by atoms with Crippen LogP contribution in [0.2, 0.25) is 0 Å². The van der Waals surface area contributed by atoms with E-state index in [0.717, 1.165) is 70.6 Å². The van der Waals surface area contributed by atoms with Crippen LogP contribution in [-0.4, -0.2) is 68.8 Å². The Morgan fingerprint density at radius 2 is 1.68 bits per heavy atom. The summed E-state index contributed by atoms with van der Waals surface area (Å²) in [5.74, 6) is 1.38. The van der Waals surface area contributed by atoms with Crippen molar-refractivity contribution >= 4 is 33.5 Å². The Kier molecular flexibility index (Phi) is 6.61. The maximum atomic E-state index is 6.40. The van der Waals surface area contributed by atoms with Gasteiger partial charge in [0.1, 0.15) is 29.2 Å². The Bertz CT molecular complexity index is 1570. The van der Waals surface area contributed by atoms with Gasteiger partial charge in [0.05, 0.1) is 18.0 Å². The standard InChI is InChI=1S/C31H36N8O/c1-37-14-16-38(17-15-37)24-10-12-25(13-11-24)39-31-28(30(32)34-20-35-31)29(36-39)21-6-8-23(9-7-21)33-19-26-18-22-4-2-3-5-27(22)40-26/h2-9,18,20,24-25,33H,10-17,19H2,1H3,(H2,32,34,35)/t24-,25+. The summed E-state index contributed by atoms with van der Waals surface area (Å²) < 4.78 is 8.06. The van der Waals surface area contributed by atoms with Crippen LogP contribution in [0.3, 0.4) is 0 Å². The van der Waals surface area contributed by atoms with Crippen LogP contribution < -0.4 is 11.1 Å². The number of hydrogen-bond acceptors (Lipinski definition) is 8. The summed E-state index contributed by atoms with van der Waals surface area (Å²) in [5, 5.41) is 10.5. The number of benzene rings is 2. The molecule has 9 nitrogen and oxygen atoms in total. The molecule has 1 saturated heterocycles. The first-order chi connectivity index (χ1) is 19.6. The van der Waals surface area contributed by atoms with Crippen LogP contribution in [-0.2, 0) is 6.54 Å². The van der Waals surface area contributed by atoms with E-state index in [1.54, 1.807) is 6.33 Å². The first kappa shape index (κ1) is 25.0. The summed E-state index contributed by atoms with van der Waals surface area (Å²) in [7, 11) is 2.22. The minimum atomic E-state index is 0.319. The predicted molar refractivity (Wildman–Crippen MR) is 159 cm³/mol. The van der Waals surface area contributed by atoms with Crippen LogP contribution >= 0.6 is 0 Å². The lowest BCUT2D eigenvalue weighted by molar-refractivity contribution is 0.0815. The highest BCUT2D eigenvalue weighted by molar-refractivity contribution is 5.98. The number of piperazine rings is 1. The fraction of sp³-hybridized carbons (Fsp3) is 0.387. The molecule has 0 bridgehead atoms. The van der Waals surface area contributed by atoms with Gasteiger partial charge in [-0.15, -0.1) is 0 Å². The minimum Gasteiger partial charge on any atom is -0.459 e. The molecule has 2 aromatic carbocycles. The Hall–Kier alpha value is -3.95. The molecule has 1 aliphatic carbocycles. The van der Waals surface area contributed by atoms with Crippen molar-refractivity contribution in [2.45, 2.75) is 44.3 Å². The quantitative estimate of drug-likeness (QED) is 0.307. The van der Waals surface area contributed by atoms with Gasteiger partial charge in [-0.05, 0) is 57.0 Å². The van der Waals surface area contributed by atoms with Crippen molar-refractivity contribution in [3.05, 3.63) is 66.7 Å². The lowest BCUT2D eigenvalue weighted by Crippen LogP contribution is -2.49. The smallest absolute Gasteiger partial charge is 0.164 e. The highest BCUT2D eigenvalue weighted by Crippen LogP contribution is 2.37. The zero-order valence-electron chi connectivity index (χ0n) is 23.0. The number of nitrogens with zero attached hydrogens (tertiary/aromatic N) is 6. The van der Waals surface area contributed by atoms with Gasteiger partial charge in [0.25, 0.3) is 0 Å². The van der Waals surface area contributed by atoms with Gasteiger partial charge in [0.15, 0.2) is 5.65 Å². The van der Waals surface area contributed by atoms with Gasteiger partial charge in [-0.3, -0.25) is 4.90 Å². The van der Waals surface area contributed by atoms with E-state index in [4.69, 9.17) is 15.2 Å². The van der Waals surface area contributed by atoms with E-state index in [1.165, 1.54) is 25.9 Å². The number of aromatic nitrogens is 4. The first-order valence-corrected chi connectivity index (χ1v) is 14.4. The number of rotatable bonds is 6. The number of anilines is 2. The Morgan fingerprint density at radius 1 is 0.925 bits per heavy atom. The molecule has 1 aliphatic heterocycles. The van der Waals surface area contributed by atoms with Crippen molar-refractivity contribution in [3.63, 3.8) is 0 Å². The van der Waals surface area contributed by atoms with Crippen molar-refractivity contribution in [3.8, 4) is 11.3 Å². The van der Waals surface area contributed by atoms with Gasteiger partial charge in [0.2, 0.25) is 0 Å². The van der Waals surface area contributed by atoms with Crippen LogP contribution in [0.25, 0.3) is 33.3 Å². The molecule has 0 atom stereocenters. The molecule has 3 N–H and O–H groups in total. The predicted octanol–water partition coefficient (Wildman–Crippen LogP) is 5.16. The monoisotopic (exact) mass is 536 g/mol. The summed E-state index contributed by atoms with van der Waals surface area (Å²) >= 11 is 0. The summed E-state index contributed by atoms with van der Waals surface area (Å²) in [6.07, 6.45) is 6.14. The van der Waals surface area contributed by atoms with Crippen molar-refractivity contribution < 1.29 is 4.42 Å². The lowest BCUT2D eigenvalue weighted by atomic mass is 9.90. The normalized spacial score (nSPS) is 20.8. The van der Waals surface area contributed by atoms with E-state index in [0.29, 0.717) is 24.4 Å². The molecule has 2 fully saturated rings. The molecule has 1 saturated carbocycles. The number of para-hydroxylation sites is 1. The van der Waals surface area contributed by atoms with Crippen LogP contribution in [0, 0.1) is 0 Å². The van der Waals surface area contributed by atoms with Gasteiger partial charge in [-0.25, -0.2) is 14.6 Å². The van der Waals surface area contributed by atoms with E-state index < -0.39 is 0 Å². The van der Waals surface area contributed by atoms with Gasteiger partial charge < -0.3 is 20.4 Å². The molecule has 2 aliphatic rings. The molecular weight excluding hydrogens is 500 g/mol. The van der Waals surface area contributed by atoms with E-state index in [-0.39, 0.29) is 0 Å². The summed E-state index contributed by atoms with van der Waals surface area (Å²) in [6, 6.07) is 19.5. The molecule has 40 heavy (non-hydrogen) atoms. The van der Waals surface area contributed by atoms with E-state index in [9.17, 15) is 0 Å². The number of fused-ring (bicyclic) bond motifs is 2. The Balaban J connectivity index is 1.08. The number of nitrogen functional groups attached to an aromatic ring is 1. The molecule has 0 unspecified atom stereocenters. The molecule has 206 valence electrons. The largest absolute Gasteiger partial charge is 0.459 e. The molecule has 3 aromatic heterocycles. The number of nitrogens with two attached hydrogens (primary N) is 1. The zero-order chi connectivity index (χ0) is 27.1. The second kappa shape index (κ2) is 10.6. The fourth-order valence-electron chi connectivity index (χ4n) is 6.37.